The van der Waals surface area contributed by atoms with Crippen molar-refractivity contribution in [2.75, 3.05) is 19.7 Å². The maximum atomic E-state index is 11.6. The minimum absolute atomic E-state index is 0.106. The Morgan fingerprint density at radius 3 is 2.54 bits per heavy atom. The predicted octanol–water partition coefficient (Wildman–Crippen LogP) is 1.02. The van der Waals surface area contributed by atoms with E-state index in [0.29, 0.717) is 6.42 Å². The van der Waals surface area contributed by atoms with Gasteiger partial charge in [-0.15, -0.1) is 0 Å². The van der Waals surface area contributed by atoms with Crippen LogP contribution in [-0.2, 0) is 4.79 Å². The quantitative estimate of drug-likeness (QED) is 0.713. The van der Waals surface area contributed by atoms with Crippen molar-refractivity contribution >= 4 is 5.91 Å². The number of carbonyl (C=O) groups is 1. The number of piperidine rings is 1. The lowest BCUT2D eigenvalue weighted by molar-refractivity contribution is -0.133. The highest BCUT2D eigenvalue weighted by Crippen LogP contribution is 2.12. The number of amides is 1. The Balaban J connectivity index is 2.29. The van der Waals surface area contributed by atoms with E-state index in [4.69, 9.17) is 5.11 Å². The third-order valence-corrected chi connectivity index (χ3v) is 2.54. The lowest BCUT2D eigenvalue weighted by Crippen LogP contribution is -2.36. The summed E-state index contributed by atoms with van der Waals surface area (Å²) in [5.74, 6) is 0.315. The molecule has 0 spiro atoms. The molecule has 3 nitrogen and oxygen atoms in total. The van der Waals surface area contributed by atoms with Crippen molar-refractivity contribution in [1.29, 1.82) is 0 Å². The van der Waals surface area contributed by atoms with E-state index in [9.17, 15) is 4.79 Å². The maximum Gasteiger partial charge on any atom is 0.222 e. The van der Waals surface area contributed by atoms with Gasteiger partial charge in [0.25, 0.3) is 0 Å². The molecule has 0 aromatic heterocycles. The zero-order chi connectivity index (χ0) is 9.68. The highest BCUT2D eigenvalue weighted by molar-refractivity contribution is 5.76. The molecule has 1 heterocycles. The van der Waals surface area contributed by atoms with Gasteiger partial charge in [-0.25, -0.2) is 0 Å². The first-order chi connectivity index (χ1) is 6.24. The zero-order valence-corrected chi connectivity index (χ0v) is 8.33. The minimum atomic E-state index is 0.106. The summed E-state index contributed by atoms with van der Waals surface area (Å²) in [5, 5.41) is 8.81. The standard InChI is InChI=1S/C10H19NO2/c1-9(8-12)7-10(13)11-5-3-2-4-6-11/h9,12H,2-8H2,1H3. The first-order valence-corrected chi connectivity index (χ1v) is 5.12. The number of hydrogen-bond acceptors (Lipinski definition) is 2. The van der Waals surface area contributed by atoms with Gasteiger partial charge in [-0.3, -0.25) is 4.79 Å². The molecule has 1 N–H and O–H groups in total. The molecule has 0 aromatic rings. The number of rotatable bonds is 3. The summed E-state index contributed by atoms with van der Waals surface area (Å²) in [5.41, 5.74) is 0. The summed E-state index contributed by atoms with van der Waals surface area (Å²) in [4.78, 5) is 13.5. The van der Waals surface area contributed by atoms with Gasteiger partial charge in [0.2, 0.25) is 5.91 Å². The molecule has 1 aliphatic heterocycles. The Labute approximate surface area is 79.7 Å². The van der Waals surface area contributed by atoms with Crippen LogP contribution in [0.2, 0.25) is 0 Å². The first-order valence-electron chi connectivity index (χ1n) is 5.12. The van der Waals surface area contributed by atoms with Crippen LogP contribution in [0.25, 0.3) is 0 Å². The van der Waals surface area contributed by atoms with E-state index in [2.05, 4.69) is 0 Å². The Kier molecular flexibility index (Phi) is 4.22. The molecule has 1 atom stereocenters. The summed E-state index contributed by atoms with van der Waals surface area (Å²) in [6, 6.07) is 0. The third-order valence-electron chi connectivity index (χ3n) is 2.54. The van der Waals surface area contributed by atoms with Gasteiger partial charge in [0.15, 0.2) is 0 Å². The van der Waals surface area contributed by atoms with Crippen LogP contribution in [-0.4, -0.2) is 35.6 Å². The van der Waals surface area contributed by atoms with Crippen LogP contribution in [0.15, 0.2) is 0 Å². The molecule has 13 heavy (non-hydrogen) atoms. The average Bonchev–Trinajstić information content (AvgIpc) is 2.19. The second-order valence-corrected chi connectivity index (χ2v) is 3.93. The lowest BCUT2D eigenvalue weighted by Gasteiger charge is -2.27. The summed E-state index contributed by atoms with van der Waals surface area (Å²) in [6.45, 7) is 3.84. The molecule has 0 aromatic carbocycles. The van der Waals surface area contributed by atoms with E-state index >= 15 is 0 Å². The van der Waals surface area contributed by atoms with Crippen molar-refractivity contribution in [3.8, 4) is 0 Å². The fraction of sp³-hybridized carbons (Fsp3) is 0.900. The Morgan fingerprint density at radius 1 is 1.38 bits per heavy atom. The van der Waals surface area contributed by atoms with Gasteiger partial charge in [-0.2, -0.15) is 0 Å². The molecule has 76 valence electrons. The van der Waals surface area contributed by atoms with Gasteiger partial charge >= 0.3 is 0 Å². The number of aliphatic hydroxyl groups excluding tert-OH is 1. The summed E-state index contributed by atoms with van der Waals surface area (Å²) in [6.07, 6.45) is 4.02. The highest BCUT2D eigenvalue weighted by Gasteiger charge is 2.17. The highest BCUT2D eigenvalue weighted by atomic mass is 16.3. The third kappa shape index (κ3) is 3.35. The van der Waals surface area contributed by atoms with Crippen molar-refractivity contribution in [3.63, 3.8) is 0 Å². The van der Waals surface area contributed by atoms with Gasteiger partial charge in [0, 0.05) is 26.1 Å². The molecule has 1 aliphatic rings. The van der Waals surface area contributed by atoms with Gasteiger partial charge in [0.05, 0.1) is 0 Å². The van der Waals surface area contributed by atoms with E-state index in [0.717, 1.165) is 25.9 Å². The zero-order valence-electron chi connectivity index (χ0n) is 8.33. The second-order valence-electron chi connectivity index (χ2n) is 3.93. The molecule has 1 fully saturated rings. The summed E-state index contributed by atoms with van der Waals surface area (Å²) < 4.78 is 0. The van der Waals surface area contributed by atoms with Crippen LogP contribution in [0.1, 0.15) is 32.6 Å². The number of carbonyl (C=O) groups excluding carboxylic acids is 1. The average molecular weight is 185 g/mol. The first kappa shape index (κ1) is 10.5. The normalized spacial score (nSPS) is 20.0. The van der Waals surface area contributed by atoms with Crippen LogP contribution in [0.5, 0.6) is 0 Å². The van der Waals surface area contributed by atoms with Crippen molar-refractivity contribution < 1.29 is 9.90 Å². The molecular formula is C10H19NO2. The Hall–Kier alpha value is -0.570. The largest absolute Gasteiger partial charge is 0.396 e. The van der Waals surface area contributed by atoms with Crippen LogP contribution >= 0.6 is 0 Å². The molecule has 1 amide bonds. The number of likely N-dealkylation sites (tertiary alicyclic amines) is 1. The summed E-state index contributed by atoms with van der Waals surface area (Å²) in [7, 11) is 0. The molecule has 0 saturated carbocycles. The van der Waals surface area contributed by atoms with Gasteiger partial charge < -0.3 is 10.0 Å². The molecule has 0 aliphatic carbocycles. The Morgan fingerprint density at radius 2 is 2.00 bits per heavy atom. The molecular weight excluding hydrogens is 166 g/mol. The molecule has 0 bridgehead atoms. The van der Waals surface area contributed by atoms with Gasteiger partial charge in [-0.1, -0.05) is 6.92 Å². The number of aliphatic hydroxyl groups is 1. The number of hydrogen-bond donors (Lipinski definition) is 1. The van der Waals surface area contributed by atoms with Crippen molar-refractivity contribution in [2.24, 2.45) is 5.92 Å². The molecule has 3 heteroatoms. The van der Waals surface area contributed by atoms with Crippen LogP contribution < -0.4 is 0 Å². The minimum Gasteiger partial charge on any atom is -0.396 e. The monoisotopic (exact) mass is 185 g/mol. The fourth-order valence-electron chi connectivity index (χ4n) is 1.64. The molecule has 1 saturated heterocycles. The predicted molar refractivity (Wildman–Crippen MR) is 51.3 cm³/mol. The fourth-order valence-corrected chi connectivity index (χ4v) is 1.64. The van der Waals surface area contributed by atoms with Crippen LogP contribution in [0.4, 0.5) is 0 Å². The maximum absolute atomic E-state index is 11.6. The second kappa shape index (κ2) is 5.22. The van der Waals surface area contributed by atoms with E-state index in [1.54, 1.807) is 0 Å². The van der Waals surface area contributed by atoms with Gasteiger partial charge in [-0.05, 0) is 25.2 Å². The molecule has 1 rings (SSSR count). The SMILES string of the molecule is CC(CO)CC(=O)N1CCCCC1. The van der Waals surface area contributed by atoms with Gasteiger partial charge in [0.1, 0.15) is 0 Å². The molecule has 1 unspecified atom stereocenters. The van der Waals surface area contributed by atoms with Crippen molar-refractivity contribution in [2.45, 2.75) is 32.6 Å². The lowest BCUT2D eigenvalue weighted by atomic mass is 10.1. The van der Waals surface area contributed by atoms with Crippen LogP contribution in [0.3, 0.4) is 0 Å². The topological polar surface area (TPSA) is 40.5 Å². The van der Waals surface area contributed by atoms with E-state index in [1.807, 2.05) is 11.8 Å². The van der Waals surface area contributed by atoms with E-state index in [1.165, 1.54) is 6.42 Å². The van der Waals surface area contributed by atoms with Crippen molar-refractivity contribution in [3.05, 3.63) is 0 Å². The van der Waals surface area contributed by atoms with E-state index < -0.39 is 0 Å². The molecule has 0 radical (unpaired) electrons. The van der Waals surface area contributed by atoms with Crippen LogP contribution in [0, 0.1) is 5.92 Å². The smallest absolute Gasteiger partial charge is 0.222 e. The van der Waals surface area contributed by atoms with E-state index in [-0.39, 0.29) is 18.4 Å². The number of nitrogens with zero attached hydrogens (tertiary/aromatic N) is 1. The summed E-state index contributed by atoms with van der Waals surface area (Å²) >= 11 is 0. The Bertz CT molecular complexity index is 164. The van der Waals surface area contributed by atoms with Crippen molar-refractivity contribution in [1.82, 2.24) is 4.90 Å².